The Morgan fingerprint density at radius 3 is 3.04 bits per heavy atom. The number of unbranched alkanes of at least 4 members (excludes halogenated alkanes) is 1. The van der Waals surface area contributed by atoms with E-state index in [1.807, 2.05) is 23.5 Å². The molecule has 0 radical (unpaired) electrons. The Bertz CT molecular complexity index is 827. The van der Waals surface area contributed by atoms with Crippen molar-refractivity contribution in [3.8, 4) is 5.75 Å². The number of hydrogen-bond acceptors (Lipinski definition) is 3. The fourth-order valence-electron chi connectivity index (χ4n) is 3.73. The van der Waals surface area contributed by atoms with Gasteiger partial charge in [0.1, 0.15) is 5.75 Å². The van der Waals surface area contributed by atoms with Crippen LogP contribution in [0.25, 0.3) is 0 Å². The fourth-order valence-corrected chi connectivity index (χ4v) is 4.72. The Balaban J connectivity index is 0.00000210. The maximum Gasteiger partial charge on any atom is 0.224 e. The smallest absolute Gasteiger partial charge is 0.224 e. The van der Waals surface area contributed by atoms with Crippen molar-refractivity contribution >= 4 is 22.9 Å². The lowest BCUT2D eigenvalue weighted by molar-refractivity contribution is -0.116. The second-order valence-electron chi connectivity index (χ2n) is 7.12. The number of rotatable bonds is 6. The van der Waals surface area contributed by atoms with Gasteiger partial charge in [-0.15, -0.1) is 11.3 Å². The first-order valence-electron chi connectivity index (χ1n) is 9.57. The Labute approximate surface area is 160 Å². The van der Waals surface area contributed by atoms with Crippen LogP contribution in [0.1, 0.15) is 49.5 Å². The predicted octanol–water partition coefficient (Wildman–Crippen LogP) is 5.54. The Kier molecular flexibility index (Phi) is 5.40. The van der Waals surface area contributed by atoms with Crippen molar-refractivity contribution < 1.29 is 11.0 Å². The molecular formula is C22H27NO2S. The summed E-state index contributed by atoms with van der Waals surface area (Å²) in [4.78, 5) is 13.1. The van der Waals surface area contributed by atoms with Crippen LogP contribution in [0.2, 0.25) is 0 Å². The summed E-state index contributed by atoms with van der Waals surface area (Å²) in [5, 5.41) is 5.16. The summed E-state index contributed by atoms with van der Waals surface area (Å²) in [6.45, 7) is 0.726. The van der Waals surface area contributed by atoms with Crippen LogP contribution in [-0.4, -0.2) is 12.5 Å². The molecule has 3 nitrogen and oxygen atoms in total. The van der Waals surface area contributed by atoms with Crippen LogP contribution in [0.3, 0.4) is 0 Å². The minimum Gasteiger partial charge on any atom is -0.494 e. The van der Waals surface area contributed by atoms with Crippen LogP contribution < -0.4 is 10.1 Å². The first kappa shape index (κ1) is 17.3. The minimum absolute atomic E-state index is 0. The van der Waals surface area contributed by atoms with Crippen molar-refractivity contribution in [1.29, 1.82) is 0 Å². The van der Waals surface area contributed by atoms with Crippen LogP contribution in [0.15, 0.2) is 41.3 Å². The number of benzene rings is 1. The summed E-state index contributed by atoms with van der Waals surface area (Å²) in [7, 11) is 0. The van der Waals surface area contributed by atoms with E-state index in [4.69, 9.17) is 4.74 Å². The number of nitrogens with one attached hydrogen (secondary N) is 1. The fraction of sp³-hybridized carbons (Fsp3) is 0.409. The van der Waals surface area contributed by atoms with E-state index in [9.17, 15) is 4.79 Å². The van der Waals surface area contributed by atoms with E-state index in [2.05, 4.69) is 28.9 Å². The van der Waals surface area contributed by atoms with Gasteiger partial charge in [0.25, 0.3) is 0 Å². The molecule has 1 aromatic heterocycles. The second-order valence-corrected chi connectivity index (χ2v) is 8.12. The largest absolute Gasteiger partial charge is 0.494 e. The van der Waals surface area contributed by atoms with E-state index in [1.54, 1.807) is 16.0 Å². The van der Waals surface area contributed by atoms with Crippen molar-refractivity contribution in [2.45, 2.75) is 51.4 Å². The van der Waals surface area contributed by atoms with Gasteiger partial charge in [-0.25, -0.2) is 0 Å². The third-order valence-corrected chi connectivity index (χ3v) is 6.17. The molecule has 1 N–H and O–H groups in total. The van der Waals surface area contributed by atoms with Crippen molar-refractivity contribution in [2.24, 2.45) is 0 Å². The Hall–Kier alpha value is -2.07. The maximum absolute atomic E-state index is 11.5. The van der Waals surface area contributed by atoms with Gasteiger partial charge in [-0.1, -0.05) is 17.7 Å². The third-order valence-electron chi connectivity index (χ3n) is 5.21. The number of thiophene rings is 1. The monoisotopic (exact) mass is 369 g/mol. The van der Waals surface area contributed by atoms with Crippen molar-refractivity contribution in [1.82, 2.24) is 0 Å². The van der Waals surface area contributed by atoms with Crippen molar-refractivity contribution in [3.63, 3.8) is 0 Å². The molecule has 138 valence electrons. The minimum atomic E-state index is 0. The zero-order chi connectivity index (χ0) is 17.8. The van der Waals surface area contributed by atoms with Gasteiger partial charge in [0.05, 0.1) is 6.61 Å². The van der Waals surface area contributed by atoms with Gasteiger partial charge in [0.15, 0.2) is 0 Å². The molecule has 0 fully saturated rings. The molecular weight excluding hydrogens is 342 g/mol. The van der Waals surface area contributed by atoms with E-state index in [0.29, 0.717) is 6.42 Å². The van der Waals surface area contributed by atoms with Crippen LogP contribution in [0.4, 0.5) is 5.69 Å². The van der Waals surface area contributed by atoms with E-state index < -0.39 is 0 Å². The summed E-state index contributed by atoms with van der Waals surface area (Å²) in [5.41, 5.74) is 5.24. The molecule has 1 aliphatic heterocycles. The van der Waals surface area contributed by atoms with Gasteiger partial charge in [-0.05, 0) is 67.2 Å². The number of aryl methyl sites for hydroxylation is 2. The molecule has 0 atom stereocenters. The molecule has 0 spiro atoms. The number of ether oxygens (including phenoxy) is 1. The number of carbonyl (C=O) groups excluding carboxylic acids is 1. The Morgan fingerprint density at radius 1 is 1.12 bits per heavy atom. The van der Waals surface area contributed by atoms with Gasteiger partial charge in [-0.2, -0.15) is 0 Å². The van der Waals surface area contributed by atoms with Gasteiger partial charge in [0, 0.05) is 30.9 Å². The molecule has 1 aromatic carbocycles. The third kappa shape index (κ3) is 4.18. The Morgan fingerprint density at radius 2 is 2.08 bits per heavy atom. The predicted molar refractivity (Wildman–Crippen MR) is 109 cm³/mol. The van der Waals surface area contributed by atoms with Gasteiger partial charge >= 0.3 is 0 Å². The molecule has 1 amide bonds. The van der Waals surface area contributed by atoms with Gasteiger partial charge in [0.2, 0.25) is 5.91 Å². The average molecular weight is 370 g/mol. The highest BCUT2D eigenvalue weighted by Crippen LogP contribution is 2.28. The number of anilines is 1. The number of hydrogen-bond donors (Lipinski definition) is 1. The lowest BCUT2D eigenvalue weighted by atomic mass is 10.0. The first-order chi connectivity index (χ1) is 12.8. The highest BCUT2D eigenvalue weighted by molar-refractivity contribution is 7.10. The SMILES string of the molecule is O=C1CCc2ccc(OCCCCC3=CCCc4ccsc4C3)cc2N1.[HH]. The zero-order valence-corrected chi connectivity index (χ0v) is 15.9. The van der Waals surface area contributed by atoms with Crippen molar-refractivity contribution in [3.05, 3.63) is 57.3 Å². The molecule has 0 saturated heterocycles. The summed E-state index contributed by atoms with van der Waals surface area (Å²) in [6, 6.07) is 8.33. The summed E-state index contributed by atoms with van der Waals surface area (Å²) >= 11 is 1.90. The zero-order valence-electron chi connectivity index (χ0n) is 15.1. The molecule has 2 aromatic rings. The van der Waals surface area contributed by atoms with Gasteiger partial charge < -0.3 is 10.1 Å². The lowest BCUT2D eigenvalue weighted by Crippen LogP contribution is -2.18. The summed E-state index contributed by atoms with van der Waals surface area (Å²) in [5.74, 6) is 0.947. The second kappa shape index (κ2) is 8.09. The van der Waals surface area contributed by atoms with Crippen molar-refractivity contribution in [2.75, 3.05) is 11.9 Å². The molecule has 1 aliphatic carbocycles. The van der Waals surface area contributed by atoms with Gasteiger partial charge in [-0.3, -0.25) is 4.79 Å². The number of carbonyl (C=O) groups is 1. The van der Waals surface area contributed by atoms with Crippen LogP contribution in [0, 0.1) is 0 Å². The molecule has 26 heavy (non-hydrogen) atoms. The lowest BCUT2D eigenvalue weighted by Gasteiger charge is -2.17. The van der Waals surface area contributed by atoms with E-state index >= 15 is 0 Å². The molecule has 2 heterocycles. The van der Waals surface area contributed by atoms with E-state index in [-0.39, 0.29) is 7.33 Å². The maximum atomic E-state index is 11.5. The topological polar surface area (TPSA) is 38.3 Å². The number of allylic oxidation sites excluding steroid dienone is 2. The van der Waals surface area contributed by atoms with Crippen LogP contribution in [0.5, 0.6) is 5.75 Å². The number of amides is 1. The van der Waals surface area contributed by atoms with E-state index in [0.717, 1.165) is 43.7 Å². The highest BCUT2D eigenvalue weighted by Gasteiger charge is 2.15. The normalized spacial score (nSPS) is 16.2. The summed E-state index contributed by atoms with van der Waals surface area (Å²) in [6.07, 6.45) is 10.7. The number of fused-ring (bicyclic) bond motifs is 2. The van der Waals surface area contributed by atoms with Crippen LogP contribution >= 0.6 is 11.3 Å². The molecule has 0 unspecified atom stereocenters. The molecule has 0 bridgehead atoms. The summed E-state index contributed by atoms with van der Waals surface area (Å²) < 4.78 is 5.90. The molecule has 0 saturated carbocycles. The molecule has 4 heteroatoms. The molecule has 2 aliphatic rings. The molecule has 4 rings (SSSR count). The first-order valence-corrected chi connectivity index (χ1v) is 10.4. The highest BCUT2D eigenvalue weighted by atomic mass is 32.1. The standard InChI is InChI=1S/C22H25NO2S.H2/c24-22-10-8-17-7-9-19(15-20(17)23-22)25-12-2-1-4-16-5-3-6-18-11-13-26-21(18)14-16;/h5,7,9,11,13,15H,1-4,6,8,10,12,14H2,(H,23,24);1H. The van der Waals surface area contributed by atoms with E-state index in [1.165, 1.54) is 24.8 Å². The average Bonchev–Trinajstić information content (AvgIpc) is 2.99. The van der Waals surface area contributed by atoms with Crippen LogP contribution in [-0.2, 0) is 24.1 Å². The quantitative estimate of drug-likeness (QED) is 0.536.